The van der Waals surface area contributed by atoms with Crippen molar-refractivity contribution >= 4 is 6.03 Å². The third kappa shape index (κ3) is 2.77. The number of hydrogen-bond donors (Lipinski definition) is 2. The largest absolute Gasteiger partial charge is 0.364 e. The molecule has 0 aliphatic carbocycles. The van der Waals surface area contributed by atoms with Gasteiger partial charge in [-0.3, -0.25) is 0 Å². The van der Waals surface area contributed by atoms with Crippen molar-refractivity contribution in [1.82, 2.24) is 15.8 Å². The molecule has 72 valence electrons. The molecule has 0 fully saturated rings. The second-order valence-electron chi connectivity index (χ2n) is 2.65. The standard InChI is InChI=1S/C8H13N3O2/c1-3-9-8(12)10-6(2)7-4-5-13-11-7/h4-6H,3H2,1-2H3,(H2,9,10,12). The van der Waals surface area contributed by atoms with Crippen LogP contribution in [-0.2, 0) is 0 Å². The van der Waals surface area contributed by atoms with E-state index >= 15 is 0 Å². The van der Waals surface area contributed by atoms with Crippen LogP contribution in [0.4, 0.5) is 4.79 Å². The third-order valence-electron chi connectivity index (χ3n) is 1.59. The average molecular weight is 183 g/mol. The van der Waals surface area contributed by atoms with Gasteiger partial charge in [0.25, 0.3) is 0 Å². The number of nitrogens with one attached hydrogen (secondary N) is 2. The number of aromatic nitrogens is 1. The van der Waals surface area contributed by atoms with Gasteiger partial charge in [0, 0.05) is 12.6 Å². The minimum Gasteiger partial charge on any atom is -0.364 e. The molecular weight excluding hydrogens is 170 g/mol. The van der Waals surface area contributed by atoms with Crippen molar-refractivity contribution in [3.05, 3.63) is 18.0 Å². The second-order valence-corrected chi connectivity index (χ2v) is 2.65. The minimum atomic E-state index is -0.196. The van der Waals surface area contributed by atoms with E-state index < -0.39 is 0 Å². The molecule has 13 heavy (non-hydrogen) atoms. The van der Waals surface area contributed by atoms with Crippen LogP contribution in [0.3, 0.4) is 0 Å². The molecule has 0 radical (unpaired) electrons. The molecule has 1 heterocycles. The summed E-state index contributed by atoms with van der Waals surface area (Å²) in [5.74, 6) is 0. The lowest BCUT2D eigenvalue weighted by atomic mass is 10.2. The molecule has 0 spiro atoms. The highest BCUT2D eigenvalue weighted by molar-refractivity contribution is 5.74. The Hall–Kier alpha value is -1.52. The lowest BCUT2D eigenvalue weighted by Gasteiger charge is -2.10. The molecule has 1 aromatic heterocycles. The highest BCUT2D eigenvalue weighted by Gasteiger charge is 2.10. The van der Waals surface area contributed by atoms with Crippen molar-refractivity contribution in [2.75, 3.05) is 6.54 Å². The van der Waals surface area contributed by atoms with Gasteiger partial charge in [0.2, 0.25) is 0 Å². The Labute approximate surface area is 76.5 Å². The Kier molecular flexibility index (Phi) is 3.31. The first-order valence-corrected chi connectivity index (χ1v) is 4.18. The molecule has 0 aliphatic heterocycles. The molecular formula is C8H13N3O2. The lowest BCUT2D eigenvalue weighted by Crippen LogP contribution is -2.36. The van der Waals surface area contributed by atoms with E-state index in [0.717, 1.165) is 0 Å². The van der Waals surface area contributed by atoms with Gasteiger partial charge in [0.15, 0.2) is 0 Å². The molecule has 0 aliphatic rings. The number of nitrogens with zero attached hydrogens (tertiary/aromatic N) is 1. The Morgan fingerprint density at radius 3 is 3.08 bits per heavy atom. The van der Waals surface area contributed by atoms with Gasteiger partial charge in [0.05, 0.1) is 6.04 Å². The van der Waals surface area contributed by atoms with E-state index in [1.165, 1.54) is 6.26 Å². The number of amides is 2. The molecule has 1 aromatic rings. The summed E-state index contributed by atoms with van der Waals surface area (Å²) in [4.78, 5) is 11.1. The maximum absolute atomic E-state index is 11.1. The van der Waals surface area contributed by atoms with Crippen molar-refractivity contribution in [3.63, 3.8) is 0 Å². The molecule has 0 saturated carbocycles. The van der Waals surface area contributed by atoms with Crippen LogP contribution >= 0.6 is 0 Å². The zero-order chi connectivity index (χ0) is 9.68. The number of rotatable bonds is 3. The summed E-state index contributed by atoms with van der Waals surface area (Å²) in [5.41, 5.74) is 0.714. The van der Waals surface area contributed by atoms with E-state index in [4.69, 9.17) is 0 Å². The predicted octanol–water partition coefficient (Wildman–Crippen LogP) is 1.05. The van der Waals surface area contributed by atoms with Gasteiger partial charge in [0.1, 0.15) is 12.0 Å². The van der Waals surface area contributed by atoms with Crippen molar-refractivity contribution in [1.29, 1.82) is 0 Å². The summed E-state index contributed by atoms with van der Waals surface area (Å²) in [6, 6.07) is 1.39. The molecule has 1 rings (SSSR count). The Balaban J connectivity index is 2.42. The molecule has 0 saturated heterocycles. The summed E-state index contributed by atoms with van der Waals surface area (Å²) in [7, 11) is 0. The van der Waals surface area contributed by atoms with Crippen LogP contribution < -0.4 is 10.6 Å². The number of carbonyl (C=O) groups is 1. The smallest absolute Gasteiger partial charge is 0.315 e. The van der Waals surface area contributed by atoms with E-state index in [2.05, 4.69) is 20.3 Å². The first kappa shape index (κ1) is 9.57. The zero-order valence-electron chi connectivity index (χ0n) is 7.70. The predicted molar refractivity (Wildman–Crippen MR) is 47.1 cm³/mol. The molecule has 5 nitrogen and oxygen atoms in total. The number of hydrogen-bond acceptors (Lipinski definition) is 3. The maximum Gasteiger partial charge on any atom is 0.315 e. The SMILES string of the molecule is CCNC(=O)NC(C)c1ccon1. The van der Waals surface area contributed by atoms with Crippen molar-refractivity contribution in [3.8, 4) is 0 Å². The minimum absolute atomic E-state index is 0.134. The Morgan fingerprint density at radius 1 is 1.77 bits per heavy atom. The second kappa shape index (κ2) is 4.49. The first-order valence-electron chi connectivity index (χ1n) is 4.18. The van der Waals surface area contributed by atoms with E-state index in [0.29, 0.717) is 12.2 Å². The van der Waals surface area contributed by atoms with Gasteiger partial charge in [-0.1, -0.05) is 5.16 Å². The highest BCUT2D eigenvalue weighted by Crippen LogP contribution is 2.07. The van der Waals surface area contributed by atoms with Crippen LogP contribution in [-0.4, -0.2) is 17.7 Å². The van der Waals surface area contributed by atoms with Gasteiger partial charge in [-0.25, -0.2) is 4.79 Å². The quantitative estimate of drug-likeness (QED) is 0.736. The molecule has 0 bridgehead atoms. The average Bonchev–Trinajstić information content (AvgIpc) is 2.55. The maximum atomic E-state index is 11.1. The third-order valence-corrected chi connectivity index (χ3v) is 1.59. The number of carbonyl (C=O) groups excluding carboxylic acids is 1. The fourth-order valence-corrected chi connectivity index (χ4v) is 0.927. The van der Waals surface area contributed by atoms with E-state index in [1.54, 1.807) is 6.07 Å². The van der Waals surface area contributed by atoms with Crippen LogP contribution in [0.25, 0.3) is 0 Å². The fourth-order valence-electron chi connectivity index (χ4n) is 0.927. The summed E-state index contributed by atoms with van der Waals surface area (Å²) < 4.78 is 4.66. The summed E-state index contributed by atoms with van der Waals surface area (Å²) in [5, 5.41) is 9.05. The van der Waals surface area contributed by atoms with Crippen molar-refractivity contribution in [2.45, 2.75) is 19.9 Å². The summed E-state index contributed by atoms with van der Waals surface area (Å²) >= 11 is 0. The summed E-state index contributed by atoms with van der Waals surface area (Å²) in [6.45, 7) is 4.31. The highest BCUT2D eigenvalue weighted by atomic mass is 16.5. The van der Waals surface area contributed by atoms with Crippen LogP contribution in [0.15, 0.2) is 16.9 Å². The van der Waals surface area contributed by atoms with E-state index in [9.17, 15) is 4.79 Å². The lowest BCUT2D eigenvalue weighted by molar-refractivity contribution is 0.238. The fraction of sp³-hybridized carbons (Fsp3) is 0.500. The zero-order valence-corrected chi connectivity index (χ0v) is 7.70. The summed E-state index contributed by atoms with van der Waals surface area (Å²) in [6.07, 6.45) is 1.48. The van der Waals surface area contributed by atoms with E-state index in [1.807, 2.05) is 13.8 Å². The topological polar surface area (TPSA) is 67.2 Å². The van der Waals surface area contributed by atoms with Crippen LogP contribution in [0.5, 0.6) is 0 Å². The van der Waals surface area contributed by atoms with Crippen molar-refractivity contribution in [2.24, 2.45) is 0 Å². The van der Waals surface area contributed by atoms with E-state index in [-0.39, 0.29) is 12.1 Å². The van der Waals surface area contributed by atoms with Crippen molar-refractivity contribution < 1.29 is 9.32 Å². The van der Waals surface area contributed by atoms with Crippen LogP contribution in [0.2, 0.25) is 0 Å². The molecule has 2 N–H and O–H groups in total. The van der Waals surface area contributed by atoms with Gasteiger partial charge in [-0.05, 0) is 13.8 Å². The molecule has 0 aromatic carbocycles. The molecule has 2 amide bonds. The van der Waals surface area contributed by atoms with Gasteiger partial charge >= 0.3 is 6.03 Å². The molecule has 1 atom stereocenters. The number of urea groups is 1. The van der Waals surface area contributed by atoms with Gasteiger partial charge in [-0.2, -0.15) is 0 Å². The van der Waals surface area contributed by atoms with Gasteiger partial charge in [-0.15, -0.1) is 0 Å². The monoisotopic (exact) mass is 183 g/mol. The Bertz CT molecular complexity index is 258. The molecule has 5 heteroatoms. The van der Waals surface area contributed by atoms with Crippen LogP contribution in [0.1, 0.15) is 25.6 Å². The van der Waals surface area contributed by atoms with Gasteiger partial charge < -0.3 is 15.2 Å². The normalized spacial score (nSPS) is 12.2. The first-order chi connectivity index (χ1) is 6.24. The molecule has 1 unspecified atom stereocenters. The van der Waals surface area contributed by atoms with Crippen LogP contribution in [0, 0.1) is 0 Å². The Morgan fingerprint density at radius 2 is 2.54 bits per heavy atom.